The van der Waals surface area contributed by atoms with Crippen molar-refractivity contribution in [1.82, 2.24) is 25.1 Å². The Kier molecular flexibility index (Phi) is 7.11. The number of carbonyl (C=O) groups excluding carboxylic acids is 1. The maximum Gasteiger partial charge on any atom is 0.257 e. The number of halogens is 2. The van der Waals surface area contributed by atoms with Crippen LogP contribution in [0.15, 0.2) is 71.9 Å². The van der Waals surface area contributed by atoms with E-state index < -0.39 is 17.5 Å². The summed E-state index contributed by atoms with van der Waals surface area (Å²) in [7, 11) is 0. The fourth-order valence-corrected chi connectivity index (χ4v) is 4.11. The molecule has 3 heterocycles. The molecule has 0 spiro atoms. The number of aromatic amines is 2. The van der Waals surface area contributed by atoms with Crippen LogP contribution < -0.4 is 16.2 Å². The number of pyridine rings is 1. The van der Waals surface area contributed by atoms with Gasteiger partial charge in [0.1, 0.15) is 0 Å². The molecule has 0 aliphatic carbocycles. The van der Waals surface area contributed by atoms with Crippen molar-refractivity contribution >= 4 is 22.5 Å². The Morgan fingerprint density at radius 2 is 1.89 bits per heavy atom. The third kappa shape index (κ3) is 5.53. The van der Waals surface area contributed by atoms with Gasteiger partial charge in [-0.1, -0.05) is 12.1 Å². The van der Waals surface area contributed by atoms with Crippen LogP contribution >= 0.6 is 0 Å². The number of benzene rings is 2. The number of fused-ring (bicyclic) bond motifs is 1. The summed E-state index contributed by atoms with van der Waals surface area (Å²) in [5, 5.41) is 19.8. The average Bonchev–Trinajstić information content (AvgIpc) is 3.53. The summed E-state index contributed by atoms with van der Waals surface area (Å²) in [5.74, 6) is -2.32. The Morgan fingerprint density at radius 3 is 2.71 bits per heavy atom. The predicted molar refractivity (Wildman–Crippen MR) is 139 cm³/mol. The molecule has 0 saturated heterocycles. The highest BCUT2D eigenvalue weighted by molar-refractivity contribution is 6.04. The topological polar surface area (TPSA) is 128 Å². The van der Waals surface area contributed by atoms with Crippen LogP contribution in [0.5, 0.6) is 0 Å². The fourth-order valence-electron chi connectivity index (χ4n) is 4.11. The quantitative estimate of drug-likeness (QED) is 0.191. The minimum absolute atomic E-state index is 0.0583. The molecule has 0 radical (unpaired) electrons. The number of aromatic nitrogens is 4. The molecule has 0 aliphatic heterocycles. The van der Waals surface area contributed by atoms with Crippen molar-refractivity contribution in [3.8, 4) is 11.3 Å². The van der Waals surface area contributed by atoms with Crippen LogP contribution in [0.25, 0.3) is 22.2 Å². The monoisotopic (exact) mass is 518 g/mol. The molecule has 11 heteroatoms. The van der Waals surface area contributed by atoms with Crippen molar-refractivity contribution in [3.05, 3.63) is 106 Å². The summed E-state index contributed by atoms with van der Waals surface area (Å²) in [6.07, 6.45) is 4.34. The van der Waals surface area contributed by atoms with Crippen molar-refractivity contribution in [2.45, 2.75) is 13.1 Å². The fraction of sp³-hybridized carbons (Fsp3) is 0.148. The number of nitrogens with one attached hydrogen (secondary N) is 4. The van der Waals surface area contributed by atoms with E-state index in [4.69, 9.17) is 5.11 Å². The van der Waals surface area contributed by atoms with Crippen LogP contribution in [0, 0.1) is 11.6 Å². The molecule has 3 aromatic heterocycles. The van der Waals surface area contributed by atoms with Crippen molar-refractivity contribution in [2.75, 3.05) is 18.5 Å². The van der Waals surface area contributed by atoms with Gasteiger partial charge in [-0.25, -0.2) is 8.78 Å². The summed E-state index contributed by atoms with van der Waals surface area (Å²) < 4.78 is 28.1. The summed E-state index contributed by atoms with van der Waals surface area (Å²) in [4.78, 5) is 31.3. The lowest BCUT2D eigenvalue weighted by Crippen LogP contribution is -2.17. The Hall–Kier alpha value is -4.61. The molecule has 0 fully saturated rings. The van der Waals surface area contributed by atoms with Gasteiger partial charge in [0.05, 0.1) is 41.9 Å². The molecular weight excluding hydrogens is 494 g/mol. The van der Waals surface area contributed by atoms with Crippen LogP contribution in [-0.4, -0.2) is 43.9 Å². The van der Waals surface area contributed by atoms with Gasteiger partial charge in [-0.2, -0.15) is 5.10 Å². The number of aliphatic hydroxyl groups is 1. The van der Waals surface area contributed by atoms with E-state index in [-0.39, 0.29) is 24.3 Å². The highest BCUT2D eigenvalue weighted by Gasteiger charge is 2.14. The number of H-pyrrole nitrogens is 2. The summed E-state index contributed by atoms with van der Waals surface area (Å²) in [6.45, 7) is 1.35. The van der Waals surface area contributed by atoms with E-state index in [1.54, 1.807) is 6.20 Å². The number of aliphatic hydroxyl groups excluding tert-OH is 1. The lowest BCUT2D eigenvalue weighted by molar-refractivity contribution is 0.102. The number of amides is 1. The summed E-state index contributed by atoms with van der Waals surface area (Å²) >= 11 is 0. The molecule has 2 aromatic carbocycles. The molecule has 5 aromatic rings. The molecule has 0 aliphatic rings. The van der Waals surface area contributed by atoms with Gasteiger partial charge in [0.2, 0.25) is 0 Å². The molecule has 5 rings (SSSR count). The van der Waals surface area contributed by atoms with Crippen molar-refractivity contribution in [3.63, 3.8) is 0 Å². The highest BCUT2D eigenvalue weighted by Crippen LogP contribution is 2.24. The van der Waals surface area contributed by atoms with E-state index >= 15 is 0 Å². The van der Waals surface area contributed by atoms with Gasteiger partial charge in [0.15, 0.2) is 11.6 Å². The Labute approximate surface area is 215 Å². The molecule has 38 heavy (non-hydrogen) atoms. The third-order valence-corrected chi connectivity index (χ3v) is 5.98. The maximum atomic E-state index is 13.5. The second-order valence-corrected chi connectivity index (χ2v) is 8.77. The number of anilines is 1. The minimum Gasteiger partial charge on any atom is -0.395 e. The SMILES string of the molecule is O=C(Nc1cnn(Cc2ccc(F)c(F)c2)c1)c1c[nH]c(=O)c(-c2cc3cc(CNCCO)ccc3[nH]2)c1. The van der Waals surface area contributed by atoms with E-state index in [1.165, 1.54) is 29.2 Å². The Bertz CT molecular complexity index is 1670. The van der Waals surface area contributed by atoms with Gasteiger partial charge in [-0.3, -0.25) is 14.3 Å². The van der Waals surface area contributed by atoms with Crippen LogP contribution in [0.1, 0.15) is 21.5 Å². The summed E-state index contributed by atoms with van der Waals surface area (Å²) in [5.41, 5.74) is 3.55. The lowest BCUT2D eigenvalue weighted by atomic mass is 10.1. The average molecular weight is 519 g/mol. The van der Waals surface area contributed by atoms with Gasteiger partial charge in [0, 0.05) is 36.4 Å². The number of rotatable bonds is 9. The normalized spacial score (nSPS) is 11.2. The van der Waals surface area contributed by atoms with E-state index in [1.807, 2.05) is 24.3 Å². The van der Waals surface area contributed by atoms with Gasteiger partial charge in [-0.15, -0.1) is 0 Å². The molecule has 0 unspecified atom stereocenters. The smallest absolute Gasteiger partial charge is 0.257 e. The van der Waals surface area contributed by atoms with Crippen LogP contribution in [0.2, 0.25) is 0 Å². The minimum atomic E-state index is -0.942. The second-order valence-electron chi connectivity index (χ2n) is 8.77. The zero-order chi connectivity index (χ0) is 26.6. The largest absolute Gasteiger partial charge is 0.395 e. The van der Waals surface area contributed by atoms with Gasteiger partial charge in [-0.05, 0) is 47.5 Å². The molecule has 0 saturated carbocycles. The van der Waals surface area contributed by atoms with E-state index in [2.05, 4.69) is 25.7 Å². The first kappa shape index (κ1) is 25.1. The lowest BCUT2D eigenvalue weighted by Gasteiger charge is -2.05. The number of carbonyl (C=O) groups is 1. The van der Waals surface area contributed by atoms with E-state index in [0.29, 0.717) is 35.6 Å². The third-order valence-electron chi connectivity index (χ3n) is 5.98. The first-order chi connectivity index (χ1) is 18.4. The molecule has 0 atom stereocenters. The highest BCUT2D eigenvalue weighted by atomic mass is 19.2. The van der Waals surface area contributed by atoms with E-state index in [9.17, 15) is 18.4 Å². The van der Waals surface area contributed by atoms with E-state index in [0.717, 1.165) is 28.6 Å². The number of hydrogen-bond donors (Lipinski definition) is 5. The van der Waals surface area contributed by atoms with Gasteiger partial charge in [0.25, 0.3) is 11.5 Å². The Morgan fingerprint density at radius 1 is 1.05 bits per heavy atom. The van der Waals surface area contributed by atoms with Gasteiger partial charge >= 0.3 is 0 Å². The molecule has 9 nitrogen and oxygen atoms in total. The zero-order valence-corrected chi connectivity index (χ0v) is 20.1. The van der Waals surface area contributed by atoms with Crippen LogP contribution in [0.3, 0.4) is 0 Å². The molecule has 0 bridgehead atoms. The Balaban J connectivity index is 1.31. The number of nitrogens with zero attached hydrogens (tertiary/aromatic N) is 2. The summed E-state index contributed by atoms with van der Waals surface area (Å²) in [6, 6.07) is 12.8. The van der Waals surface area contributed by atoms with Crippen molar-refractivity contribution in [2.24, 2.45) is 0 Å². The van der Waals surface area contributed by atoms with Crippen molar-refractivity contribution < 1.29 is 18.7 Å². The zero-order valence-electron chi connectivity index (χ0n) is 20.1. The number of hydrogen-bond acceptors (Lipinski definition) is 5. The maximum absolute atomic E-state index is 13.5. The predicted octanol–water partition coefficient (Wildman–Crippen LogP) is 3.38. The van der Waals surface area contributed by atoms with Gasteiger partial charge < -0.3 is 25.7 Å². The molecular formula is C27H24F2N6O3. The first-order valence-electron chi connectivity index (χ1n) is 11.8. The molecule has 194 valence electrons. The first-order valence-corrected chi connectivity index (χ1v) is 11.8. The van der Waals surface area contributed by atoms with Crippen LogP contribution in [-0.2, 0) is 13.1 Å². The molecule has 1 amide bonds. The van der Waals surface area contributed by atoms with Crippen molar-refractivity contribution in [1.29, 1.82) is 0 Å². The standard InChI is InChI=1S/C27H24F2N6O3/c28-22-3-1-17(8-23(22)29)14-35-15-20(13-32-35)33-26(37)19-9-21(27(38)31-12-19)25-10-18-7-16(11-30-5-6-36)2-4-24(18)34-25/h1-4,7-10,12-13,15,30,34,36H,5-6,11,14H2,(H,31,38)(H,33,37). The molecule has 5 N–H and O–H groups in total. The second kappa shape index (κ2) is 10.8. The van der Waals surface area contributed by atoms with Crippen LogP contribution in [0.4, 0.5) is 14.5 Å².